The predicted molar refractivity (Wildman–Crippen MR) is 85.6 cm³/mol. The van der Waals surface area contributed by atoms with Gasteiger partial charge in [0, 0.05) is 28.7 Å². The number of aryl methyl sites for hydroxylation is 1. The number of anilines is 1. The third kappa shape index (κ3) is 5.15. The van der Waals surface area contributed by atoms with E-state index in [0.717, 1.165) is 11.6 Å². The molecule has 0 amide bonds. The lowest BCUT2D eigenvalue weighted by molar-refractivity contribution is 0.151. The highest BCUT2D eigenvalue weighted by Crippen LogP contribution is 2.30. The molecule has 25 heavy (non-hydrogen) atoms. The average molecular weight is 372 g/mol. The van der Waals surface area contributed by atoms with Gasteiger partial charge in [0.15, 0.2) is 5.70 Å². The standard InChI is InChI=1S/C15H13ClF3N5O/c1-8-5-21-15(22-6-8)25-7-12(24-20)14(19)23-9-2-3-11(16)10(4-9)13(17)18/h2-6,13,20,23H,7H2,1H3/b14-12-,24-20?. The zero-order valence-corrected chi connectivity index (χ0v) is 13.7. The van der Waals surface area contributed by atoms with Gasteiger partial charge < -0.3 is 10.1 Å². The average Bonchev–Trinajstić information content (AvgIpc) is 2.58. The number of nitrogens with zero attached hydrogens (tertiary/aromatic N) is 3. The van der Waals surface area contributed by atoms with Gasteiger partial charge in [0.25, 0.3) is 6.43 Å². The minimum absolute atomic E-state index is 0.00831. The topological polar surface area (TPSA) is 83.2 Å². The molecule has 0 radical (unpaired) electrons. The van der Waals surface area contributed by atoms with Gasteiger partial charge in [-0.2, -0.15) is 9.50 Å². The number of hydrogen-bond acceptors (Lipinski definition) is 6. The highest BCUT2D eigenvalue weighted by atomic mass is 35.5. The molecule has 0 bridgehead atoms. The first kappa shape index (κ1) is 18.7. The van der Waals surface area contributed by atoms with Gasteiger partial charge in [-0.25, -0.2) is 24.3 Å². The van der Waals surface area contributed by atoms with E-state index in [0.29, 0.717) is 0 Å². The lowest BCUT2D eigenvalue weighted by Crippen LogP contribution is -2.07. The van der Waals surface area contributed by atoms with Crippen molar-refractivity contribution in [1.29, 1.82) is 5.53 Å². The summed E-state index contributed by atoms with van der Waals surface area (Å²) in [7, 11) is 0. The highest BCUT2D eigenvalue weighted by Gasteiger charge is 2.14. The van der Waals surface area contributed by atoms with Crippen LogP contribution in [0.4, 0.5) is 18.9 Å². The Morgan fingerprint density at radius 1 is 1.36 bits per heavy atom. The molecule has 0 aliphatic carbocycles. The summed E-state index contributed by atoms with van der Waals surface area (Å²) in [5.74, 6) is -1.02. The number of rotatable bonds is 7. The van der Waals surface area contributed by atoms with Gasteiger partial charge in [0.1, 0.15) is 6.61 Å². The van der Waals surface area contributed by atoms with Crippen molar-refractivity contribution in [1.82, 2.24) is 9.97 Å². The smallest absolute Gasteiger partial charge is 0.316 e. The number of nitrogens with one attached hydrogen (secondary N) is 2. The zero-order valence-electron chi connectivity index (χ0n) is 12.9. The second kappa shape index (κ2) is 8.43. The number of benzene rings is 1. The van der Waals surface area contributed by atoms with E-state index in [1.54, 1.807) is 6.92 Å². The fourth-order valence-electron chi connectivity index (χ4n) is 1.72. The first-order valence-electron chi connectivity index (χ1n) is 6.93. The summed E-state index contributed by atoms with van der Waals surface area (Å²) >= 11 is 5.65. The Morgan fingerprint density at radius 2 is 2.04 bits per heavy atom. The Bertz CT molecular complexity index is 783. The van der Waals surface area contributed by atoms with Crippen LogP contribution in [0.15, 0.2) is 47.4 Å². The quantitative estimate of drug-likeness (QED) is 0.527. The van der Waals surface area contributed by atoms with Crippen LogP contribution in [0.2, 0.25) is 5.02 Å². The Morgan fingerprint density at radius 3 is 2.64 bits per heavy atom. The number of halogens is 4. The lowest BCUT2D eigenvalue weighted by Gasteiger charge is -2.10. The molecule has 1 aromatic heterocycles. The van der Waals surface area contributed by atoms with Crippen LogP contribution in [0.5, 0.6) is 6.01 Å². The molecule has 1 aromatic carbocycles. The van der Waals surface area contributed by atoms with Gasteiger partial charge in [-0.3, -0.25) is 0 Å². The summed E-state index contributed by atoms with van der Waals surface area (Å²) < 4.78 is 44.9. The fourth-order valence-corrected chi connectivity index (χ4v) is 1.92. The molecule has 0 fully saturated rings. The van der Waals surface area contributed by atoms with E-state index in [4.69, 9.17) is 21.9 Å². The summed E-state index contributed by atoms with van der Waals surface area (Å²) in [6.45, 7) is 1.37. The van der Waals surface area contributed by atoms with Gasteiger partial charge in [0.2, 0.25) is 5.95 Å². The van der Waals surface area contributed by atoms with Crippen molar-refractivity contribution >= 4 is 17.3 Å². The van der Waals surface area contributed by atoms with Gasteiger partial charge in [0.05, 0.1) is 0 Å². The van der Waals surface area contributed by atoms with E-state index < -0.39 is 30.2 Å². The van der Waals surface area contributed by atoms with Crippen molar-refractivity contribution in [2.24, 2.45) is 5.11 Å². The molecule has 6 nitrogen and oxygen atoms in total. The molecule has 2 N–H and O–H groups in total. The third-order valence-corrected chi connectivity index (χ3v) is 3.31. The molecule has 0 saturated heterocycles. The number of ether oxygens (including phenoxy) is 1. The second-order valence-corrected chi connectivity index (χ2v) is 5.27. The van der Waals surface area contributed by atoms with Crippen molar-refractivity contribution in [2.45, 2.75) is 13.3 Å². The van der Waals surface area contributed by atoms with E-state index in [-0.39, 0.29) is 16.7 Å². The van der Waals surface area contributed by atoms with Gasteiger partial charge in [-0.05, 0) is 30.7 Å². The molecule has 0 aliphatic rings. The first-order valence-corrected chi connectivity index (χ1v) is 7.30. The summed E-state index contributed by atoms with van der Waals surface area (Å²) in [5, 5.41) is 5.15. The lowest BCUT2D eigenvalue weighted by atomic mass is 10.2. The van der Waals surface area contributed by atoms with E-state index >= 15 is 0 Å². The molecule has 0 saturated carbocycles. The summed E-state index contributed by atoms with van der Waals surface area (Å²) in [6, 6.07) is 3.54. The van der Waals surface area contributed by atoms with E-state index in [9.17, 15) is 13.2 Å². The van der Waals surface area contributed by atoms with E-state index in [1.807, 2.05) is 0 Å². The minimum Gasteiger partial charge on any atom is -0.457 e. The molecule has 1 heterocycles. The number of hydrogen-bond donors (Lipinski definition) is 2. The van der Waals surface area contributed by atoms with Crippen LogP contribution in [0.25, 0.3) is 0 Å². The van der Waals surface area contributed by atoms with Crippen molar-refractivity contribution < 1.29 is 17.9 Å². The zero-order chi connectivity index (χ0) is 18.4. The number of alkyl halides is 2. The molecule has 132 valence electrons. The van der Waals surface area contributed by atoms with Gasteiger partial charge in [-0.1, -0.05) is 11.6 Å². The SMILES string of the molecule is Cc1cnc(OC/C(N=N)=C(\F)Nc2ccc(Cl)c(C(F)F)c2)nc1. The first-order chi connectivity index (χ1) is 11.9. The molecule has 2 rings (SSSR count). The predicted octanol–water partition coefficient (Wildman–Crippen LogP) is 5.04. The summed E-state index contributed by atoms with van der Waals surface area (Å²) in [6.07, 6.45) is 0.221. The van der Waals surface area contributed by atoms with Crippen molar-refractivity contribution in [2.75, 3.05) is 11.9 Å². The van der Waals surface area contributed by atoms with Crippen molar-refractivity contribution in [3.8, 4) is 6.01 Å². The fraction of sp³-hybridized carbons (Fsp3) is 0.200. The van der Waals surface area contributed by atoms with Crippen LogP contribution >= 0.6 is 11.6 Å². The Hall–Kier alpha value is -2.68. The van der Waals surface area contributed by atoms with Crippen LogP contribution in [0, 0.1) is 12.5 Å². The minimum atomic E-state index is -2.80. The summed E-state index contributed by atoms with van der Waals surface area (Å²) in [4.78, 5) is 7.74. The largest absolute Gasteiger partial charge is 0.457 e. The Labute approximate surface area is 146 Å². The van der Waals surface area contributed by atoms with Crippen LogP contribution in [-0.4, -0.2) is 16.6 Å². The van der Waals surface area contributed by atoms with Gasteiger partial charge >= 0.3 is 6.01 Å². The van der Waals surface area contributed by atoms with Crippen LogP contribution in [0.1, 0.15) is 17.6 Å². The van der Waals surface area contributed by atoms with Crippen molar-refractivity contribution in [3.63, 3.8) is 0 Å². The third-order valence-electron chi connectivity index (χ3n) is 2.97. The molecule has 0 spiro atoms. The Balaban J connectivity index is 2.11. The van der Waals surface area contributed by atoms with Crippen molar-refractivity contribution in [3.05, 3.63) is 58.4 Å². The van der Waals surface area contributed by atoms with E-state index in [1.165, 1.54) is 24.5 Å². The summed E-state index contributed by atoms with van der Waals surface area (Å²) in [5.41, 5.74) is 7.05. The molecule has 10 heteroatoms. The van der Waals surface area contributed by atoms with Crippen LogP contribution in [0.3, 0.4) is 0 Å². The molecular formula is C15H13ClF3N5O. The van der Waals surface area contributed by atoms with E-state index in [2.05, 4.69) is 20.4 Å². The number of aromatic nitrogens is 2. The molecule has 0 unspecified atom stereocenters. The molecule has 0 atom stereocenters. The second-order valence-electron chi connectivity index (χ2n) is 4.87. The maximum absolute atomic E-state index is 14.2. The maximum atomic E-state index is 14.2. The maximum Gasteiger partial charge on any atom is 0.316 e. The van der Waals surface area contributed by atoms with Crippen LogP contribution < -0.4 is 10.1 Å². The molecule has 2 aromatic rings. The molecule has 0 aliphatic heterocycles. The normalized spacial score (nSPS) is 11.9. The Kier molecular flexibility index (Phi) is 6.29. The monoisotopic (exact) mass is 371 g/mol. The molecular weight excluding hydrogens is 359 g/mol. The highest BCUT2D eigenvalue weighted by molar-refractivity contribution is 6.31. The van der Waals surface area contributed by atoms with Gasteiger partial charge in [-0.15, -0.1) is 0 Å². The van der Waals surface area contributed by atoms with Crippen LogP contribution in [-0.2, 0) is 0 Å².